The summed E-state index contributed by atoms with van der Waals surface area (Å²) in [5.74, 6) is 0.726. The fourth-order valence-corrected chi connectivity index (χ4v) is 1.98. The van der Waals surface area contributed by atoms with Gasteiger partial charge < -0.3 is 9.15 Å². The molecule has 1 aromatic heterocycles. The molecule has 0 radical (unpaired) electrons. The highest BCUT2D eigenvalue weighted by atomic mass is 79.9. The molecular formula is C11H8BrFO2. The Labute approximate surface area is 94.8 Å². The van der Waals surface area contributed by atoms with Crippen LogP contribution in [-0.2, 0) is 0 Å². The van der Waals surface area contributed by atoms with Gasteiger partial charge in [0.05, 0.1) is 18.9 Å². The Morgan fingerprint density at radius 3 is 2.80 bits per heavy atom. The maximum atomic E-state index is 13.1. The lowest BCUT2D eigenvalue weighted by atomic mass is 10.1. The normalized spacial score (nSPS) is 10.3. The molecule has 0 aliphatic rings. The van der Waals surface area contributed by atoms with Gasteiger partial charge in [-0.1, -0.05) is 0 Å². The van der Waals surface area contributed by atoms with E-state index in [-0.39, 0.29) is 5.82 Å². The third-order valence-corrected chi connectivity index (χ3v) is 2.63. The van der Waals surface area contributed by atoms with Crippen molar-refractivity contribution < 1.29 is 13.5 Å². The van der Waals surface area contributed by atoms with Gasteiger partial charge in [-0.2, -0.15) is 0 Å². The van der Waals surface area contributed by atoms with Crippen LogP contribution in [0.1, 0.15) is 0 Å². The third-order valence-electron chi connectivity index (χ3n) is 2.01. The van der Waals surface area contributed by atoms with E-state index in [1.807, 2.05) is 0 Å². The van der Waals surface area contributed by atoms with Crippen molar-refractivity contribution in [1.82, 2.24) is 0 Å². The summed E-state index contributed by atoms with van der Waals surface area (Å²) in [6.45, 7) is 0. The fourth-order valence-electron chi connectivity index (χ4n) is 1.37. The van der Waals surface area contributed by atoms with Crippen molar-refractivity contribution in [2.75, 3.05) is 7.11 Å². The summed E-state index contributed by atoms with van der Waals surface area (Å²) >= 11 is 3.28. The van der Waals surface area contributed by atoms with Crippen LogP contribution in [0.2, 0.25) is 0 Å². The van der Waals surface area contributed by atoms with E-state index in [1.165, 1.54) is 19.2 Å². The lowest BCUT2D eigenvalue weighted by Crippen LogP contribution is -1.90. The summed E-state index contributed by atoms with van der Waals surface area (Å²) in [5, 5.41) is 0. The molecule has 78 valence electrons. The summed E-state index contributed by atoms with van der Waals surface area (Å²) in [7, 11) is 1.49. The van der Waals surface area contributed by atoms with Gasteiger partial charge >= 0.3 is 0 Å². The van der Waals surface area contributed by atoms with Gasteiger partial charge in [0.25, 0.3) is 0 Å². The van der Waals surface area contributed by atoms with Crippen molar-refractivity contribution >= 4 is 15.9 Å². The van der Waals surface area contributed by atoms with Crippen molar-refractivity contribution in [3.63, 3.8) is 0 Å². The van der Waals surface area contributed by atoms with Gasteiger partial charge in [0.15, 0.2) is 0 Å². The average molecular weight is 271 g/mol. The molecule has 0 saturated carbocycles. The molecule has 0 spiro atoms. The monoisotopic (exact) mass is 270 g/mol. The highest BCUT2D eigenvalue weighted by molar-refractivity contribution is 9.10. The smallest absolute Gasteiger partial charge is 0.138 e. The Balaban J connectivity index is 2.64. The second-order valence-electron chi connectivity index (χ2n) is 2.94. The van der Waals surface area contributed by atoms with E-state index < -0.39 is 0 Å². The first-order valence-electron chi connectivity index (χ1n) is 4.29. The summed E-state index contributed by atoms with van der Waals surface area (Å²) < 4.78 is 24.1. The highest BCUT2D eigenvalue weighted by Gasteiger charge is 2.14. The largest absolute Gasteiger partial charge is 0.496 e. The van der Waals surface area contributed by atoms with Crippen LogP contribution in [0.5, 0.6) is 5.75 Å². The number of furan rings is 1. The van der Waals surface area contributed by atoms with E-state index in [9.17, 15) is 4.39 Å². The first-order chi connectivity index (χ1) is 7.22. The van der Waals surface area contributed by atoms with Gasteiger partial charge in [-0.25, -0.2) is 4.39 Å². The Kier molecular flexibility index (Phi) is 2.77. The Morgan fingerprint density at radius 2 is 2.20 bits per heavy atom. The quantitative estimate of drug-likeness (QED) is 0.827. The van der Waals surface area contributed by atoms with Crippen molar-refractivity contribution in [3.8, 4) is 17.1 Å². The number of halogens is 2. The molecule has 4 heteroatoms. The zero-order valence-corrected chi connectivity index (χ0v) is 9.55. The Hall–Kier alpha value is -1.29. The molecule has 0 amide bonds. The molecule has 0 aliphatic heterocycles. The van der Waals surface area contributed by atoms with E-state index >= 15 is 0 Å². The van der Waals surface area contributed by atoms with Gasteiger partial charge in [0, 0.05) is 10.5 Å². The molecule has 1 heterocycles. The second-order valence-corrected chi connectivity index (χ2v) is 3.80. The molecule has 0 atom stereocenters. The summed E-state index contributed by atoms with van der Waals surface area (Å²) in [6, 6.07) is 6.26. The Morgan fingerprint density at radius 1 is 1.40 bits per heavy atom. The standard InChI is InChI=1S/C11H8BrFO2/c1-14-10-6-7(13)5-8(12)11(10)9-3-2-4-15-9/h2-6H,1H3. The minimum Gasteiger partial charge on any atom is -0.496 e. The first-order valence-corrected chi connectivity index (χ1v) is 5.08. The first kappa shape index (κ1) is 10.2. The van der Waals surface area contributed by atoms with Crippen molar-refractivity contribution in [2.24, 2.45) is 0 Å². The maximum absolute atomic E-state index is 13.1. The summed E-state index contributed by atoms with van der Waals surface area (Å²) in [4.78, 5) is 0. The highest BCUT2D eigenvalue weighted by Crippen LogP contribution is 2.37. The van der Waals surface area contributed by atoms with Gasteiger partial charge in [-0.05, 0) is 34.1 Å². The third kappa shape index (κ3) is 1.90. The molecule has 15 heavy (non-hydrogen) atoms. The molecule has 1 aromatic carbocycles. The molecule has 0 bridgehead atoms. The molecule has 0 fully saturated rings. The molecule has 2 nitrogen and oxygen atoms in total. The zero-order valence-electron chi connectivity index (χ0n) is 7.96. The van der Waals surface area contributed by atoms with E-state index in [0.29, 0.717) is 21.5 Å². The molecular weight excluding hydrogens is 263 g/mol. The van der Waals surface area contributed by atoms with E-state index in [1.54, 1.807) is 18.4 Å². The fraction of sp³-hybridized carbons (Fsp3) is 0.0909. The van der Waals surface area contributed by atoms with Crippen LogP contribution in [0.25, 0.3) is 11.3 Å². The topological polar surface area (TPSA) is 22.4 Å². The van der Waals surface area contributed by atoms with E-state index in [0.717, 1.165) is 0 Å². The average Bonchev–Trinajstić information content (AvgIpc) is 2.69. The van der Waals surface area contributed by atoms with E-state index in [2.05, 4.69) is 15.9 Å². The number of methoxy groups -OCH3 is 1. The maximum Gasteiger partial charge on any atom is 0.138 e. The molecule has 0 N–H and O–H groups in total. The van der Waals surface area contributed by atoms with Gasteiger partial charge in [-0.15, -0.1) is 0 Å². The van der Waals surface area contributed by atoms with Gasteiger partial charge in [0.1, 0.15) is 17.3 Å². The molecule has 0 saturated heterocycles. The number of rotatable bonds is 2. The predicted molar refractivity (Wildman–Crippen MR) is 58.4 cm³/mol. The van der Waals surface area contributed by atoms with Crippen molar-refractivity contribution in [1.29, 1.82) is 0 Å². The SMILES string of the molecule is COc1cc(F)cc(Br)c1-c1ccco1. The molecule has 2 rings (SSSR count). The number of benzene rings is 1. The zero-order chi connectivity index (χ0) is 10.8. The number of hydrogen-bond acceptors (Lipinski definition) is 2. The van der Waals surface area contributed by atoms with Crippen LogP contribution >= 0.6 is 15.9 Å². The minimum absolute atomic E-state index is 0.353. The number of ether oxygens (including phenoxy) is 1. The molecule has 2 aromatic rings. The predicted octanol–water partition coefficient (Wildman–Crippen LogP) is 3.86. The van der Waals surface area contributed by atoms with Gasteiger partial charge in [0.2, 0.25) is 0 Å². The van der Waals surface area contributed by atoms with Crippen LogP contribution in [-0.4, -0.2) is 7.11 Å². The Bertz CT molecular complexity index is 466. The summed E-state index contributed by atoms with van der Waals surface area (Å²) in [6.07, 6.45) is 1.56. The lowest BCUT2D eigenvalue weighted by Gasteiger charge is -2.08. The lowest BCUT2D eigenvalue weighted by molar-refractivity contribution is 0.411. The van der Waals surface area contributed by atoms with Crippen LogP contribution in [0.15, 0.2) is 39.4 Å². The van der Waals surface area contributed by atoms with Crippen molar-refractivity contribution in [3.05, 3.63) is 40.8 Å². The van der Waals surface area contributed by atoms with E-state index in [4.69, 9.17) is 9.15 Å². The van der Waals surface area contributed by atoms with Crippen LogP contribution < -0.4 is 4.74 Å². The summed E-state index contributed by atoms with van der Waals surface area (Å²) in [5.41, 5.74) is 0.712. The second kappa shape index (κ2) is 4.06. The molecule has 0 aliphatic carbocycles. The van der Waals surface area contributed by atoms with Crippen LogP contribution in [0.4, 0.5) is 4.39 Å². The minimum atomic E-state index is -0.353. The van der Waals surface area contributed by atoms with Crippen LogP contribution in [0.3, 0.4) is 0 Å². The number of hydrogen-bond donors (Lipinski definition) is 0. The van der Waals surface area contributed by atoms with Gasteiger partial charge in [-0.3, -0.25) is 0 Å². The van der Waals surface area contributed by atoms with Crippen LogP contribution in [0, 0.1) is 5.82 Å². The van der Waals surface area contributed by atoms with Crippen molar-refractivity contribution in [2.45, 2.75) is 0 Å². The molecule has 0 unspecified atom stereocenters.